The van der Waals surface area contributed by atoms with E-state index in [0.29, 0.717) is 30.3 Å². The molecule has 0 unspecified atom stereocenters. The molecule has 4 N–H and O–H groups in total. The van der Waals surface area contributed by atoms with Gasteiger partial charge in [-0.1, -0.05) is 0 Å². The molecule has 0 bridgehead atoms. The molecule has 1 saturated carbocycles. The van der Waals surface area contributed by atoms with Crippen LogP contribution in [0.1, 0.15) is 44.2 Å². The quantitative estimate of drug-likeness (QED) is 0.260. The molecular formula is C20H27FN4O6S. The highest BCUT2D eigenvalue weighted by Gasteiger charge is 2.33. The van der Waals surface area contributed by atoms with Gasteiger partial charge in [-0.2, -0.15) is 0 Å². The normalized spacial score (nSPS) is 18.2. The van der Waals surface area contributed by atoms with Gasteiger partial charge in [0.05, 0.1) is 12.4 Å². The number of carbonyl (C=O) groups is 3. The predicted molar refractivity (Wildman–Crippen MR) is 113 cm³/mol. The third-order valence-electron chi connectivity index (χ3n) is 5.12. The molecule has 10 nitrogen and oxygen atoms in total. The standard InChI is InChI=1S/C20H27FN4O6S/c1-12(14-8-15(21)10-16(9-14)31-11-13-4-5-13)25-32(29,30)7-3-2-6-22-17-18(26)23-20(28)24-19(17)27/h8-10,12-13,17,22,25H,2-7,11H2,1H3,(H2,23,24,26,27,28)/t12-/m1/s1. The van der Waals surface area contributed by atoms with Gasteiger partial charge in [0, 0.05) is 12.1 Å². The van der Waals surface area contributed by atoms with Gasteiger partial charge in [-0.05, 0) is 62.8 Å². The molecule has 3 rings (SSSR count). The molecule has 1 aromatic carbocycles. The summed E-state index contributed by atoms with van der Waals surface area (Å²) in [6.45, 7) is 2.36. The third-order valence-corrected chi connectivity index (χ3v) is 6.66. The molecule has 1 aliphatic heterocycles. The Balaban J connectivity index is 1.43. The molecule has 0 radical (unpaired) electrons. The van der Waals surface area contributed by atoms with Crippen molar-refractivity contribution in [2.45, 2.75) is 44.7 Å². The maximum absolute atomic E-state index is 13.9. The Bertz CT molecular complexity index is 962. The molecule has 2 fully saturated rings. The number of imide groups is 2. The average Bonchev–Trinajstić information content (AvgIpc) is 3.51. The van der Waals surface area contributed by atoms with Gasteiger partial charge >= 0.3 is 6.03 Å². The van der Waals surface area contributed by atoms with Crippen LogP contribution < -0.4 is 25.4 Å². The zero-order valence-electron chi connectivity index (χ0n) is 17.6. The average molecular weight is 471 g/mol. The minimum atomic E-state index is -3.65. The first-order valence-electron chi connectivity index (χ1n) is 10.5. The number of barbiturate groups is 1. The van der Waals surface area contributed by atoms with Crippen LogP contribution in [0.3, 0.4) is 0 Å². The van der Waals surface area contributed by atoms with Gasteiger partial charge in [-0.25, -0.2) is 22.3 Å². The van der Waals surface area contributed by atoms with Crippen molar-refractivity contribution >= 4 is 27.9 Å². The van der Waals surface area contributed by atoms with Crippen molar-refractivity contribution in [1.29, 1.82) is 0 Å². The number of unbranched alkanes of at least 4 members (excludes halogenated alkanes) is 1. The van der Waals surface area contributed by atoms with Crippen molar-refractivity contribution in [3.05, 3.63) is 29.6 Å². The van der Waals surface area contributed by atoms with Crippen LogP contribution in [0.4, 0.5) is 9.18 Å². The molecular weight excluding hydrogens is 443 g/mol. The fourth-order valence-corrected chi connectivity index (χ4v) is 4.56. The van der Waals surface area contributed by atoms with Gasteiger partial charge in [0.25, 0.3) is 11.8 Å². The second kappa shape index (κ2) is 10.4. The molecule has 4 amide bonds. The van der Waals surface area contributed by atoms with Crippen LogP contribution in [0.5, 0.6) is 5.75 Å². The minimum Gasteiger partial charge on any atom is -0.493 e. The molecule has 1 heterocycles. The summed E-state index contributed by atoms with van der Waals surface area (Å²) >= 11 is 0. The molecule has 1 saturated heterocycles. The first kappa shape index (κ1) is 24.1. The number of amides is 4. The predicted octanol–water partition coefficient (Wildman–Crippen LogP) is 0.699. The van der Waals surface area contributed by atoms with Crippen LogP contribution in [-0.2, 0) is 19.6 Å². The summed E-state index contributed by atoms with van der Waals surface area (Å²) in [4.78, 5) is 34.3. The van der Waals surface area contributed by atoms with E-state index >= 15 is 0 Å². The molecule has 2 aliphatic rings. The second-order valence-corrected chi connectivity index (χ2v) is 9.91. The maximum atomic E-state index is 13.9. The number of carbonyl (C=O) groups excluding carboxylic acids is 3. The molecule has 1 aromatic rings. The first-order chi connectivity index (χ1) is 15.1. The van der Waals surface area contributed by atoms with Gasteiger partial charge in [0.1, 0.15) is 11.6 Å². The van der Waals surface area contributed by atoms with Gasteiger partial charge in [0.15, 0.2) is 6.04 Å². The summed E-state index contributed by atoms with van der Waals surface area (Å²) in [7, 11) is -3.65. The number of rotatable bonds is 12. The monoisotopic (exact) mass is 470 g/mol. The van der Waals surface area contributed by atoms with Crippen LogP contribution in [0.2, 0.25) is 0 Å². The number of hydrogen-bond donors (Lipinski definition) is 4. The Morgan fingerprint density at radius 1 is 1.12 bits per heavy atom. The van der Waals surface area contributed by atoms with E-state index in [9.17, 15) is 27.2 Å². The van der Waals surface area contributed by atoms with Crippen LogP contribution in [0, 0.1) is 11.7 Å². The Hall–Kier alpha value is -2.57. The highest BCUT2D eigenvalue weighted by molar-refractivity contribution is 7.89. The van der Waals surface area contributed by atoms with Crippen molar-refractivity contribution < 1.29 is 31.9 Å². The summed E-state index contributed by atoms with van der Waals surface area (Å²) in [6.07, 6.45) is 2.85. The van der Waals surface area contributed by atoms with E-state index < -0.39 is 45.8 Å². The second-order valence-electron chi connectivity index (χ2n) is 8.03. The summed E-state index contributed by atoms with van der Waals surface area (Å²) in [5.74, 6) is -1.29. The lowest BCUT2D eigenvalue weighted by atomic mass is 10.1. The van der Waals surface area contributed by atoms with Crippen molar-refractivity contribution in [3.63, 3.8) is 0 Å². The molecule has 12 heteroatoms. The summed E-state index contributed by atoms with van der Waals surface area (Å²) < 4.78 is 46.8. The van der Waals surface area contributed by atoms with E-state index in [-0.39, 0.29) is 18.7 Å². The van der Waals surface area contributed by atoms with Crippen molar-refractivity contribution in [3.8, 4) is 5.75 Å². The Kier molecular flexibility index (Phi) is 7.80. The largest absolute Gasteiger partial charge is 0.493 e. The number of ether oxygens (including phenoxy) is 1. The van der Waals surface area contributed by atoms with Gasteiger partial charge in [-0.15, -0.1) is 0 Å². The van der Waals surface area contributed by atoms with Crippen LogP contribution in [0.15, 0.2) is 18.2 Å². The number of urea groups is 1. The van der Waals surface area contributed by atoms with Crippen LogP contribution in [0.25, 0.3) is 0 Å². The smallest absolute Gasteiger partial charge is 0.328 e. The first-order valence-corrected chi connectivity index (χ1v) is 12.1. The minimum absolute atomic E-state index is 0.180. The van der Waals surface area contributed by atoms with Crippen LogP contribution in [-0.4, -0.2) is 51.2 Å². The third kappa shape index (κ3) is 7.24. The molecule has 0 spiro atoms. The SMILES string of the molecule is C[C@@H](NS(=O)(=O)CCCCNC1C(=O)NC(=O)NC1=O)c1cc(F)cc(OCC2CC2)c1. The van der Waals surface area contributed by atoms with Gasteiger partial charge in [0.2, 0.25) is 10.0 Å². The highest BCUT2D eigenvalue weighted by atomic mass is 32.2. The van der Waals surface area contributed by atoms with Gasteiger partial charge in [-0.3, -0.25) is 25.5 Å². The Morgan fingerprint density at radius 3 is 2.47 bits per heavy atom. The fourth-order valence-electron chi connectivity index (χ4n) is 3.18. The van der Waals surface area contributed by atoms with E-state index in [0.717, 1.165) is 12.8 Å². The fraction of sp³-hybridized carbons (Fsp3) is 0.550. The van der Waals surface area contributed by atoms with Gasteiger partial charge < -0.3 is 4.74 Å². The van der Waals surface area contributed by atoms with Crippen molar-refractivity contribution in [2.75, 3.05) is 18.9 Å². The number of halogens is 1. The highest BCUT2D eigenvalue weighted by Crippen LogP contribution is 2.30. The maximum Gasteiger partial charge on any atom is 0.328 e. The van der Waals surface area contributed by atoms with Crippen LogP contribution >= 0.6 is 0 Å². The van der Waals surface area contributed by atoms with Crippen molar-refractivity contribution in [2.24, 2.45) is 5.92 Å². The topological polar surface area (TPSA) is 143 Å². The molecule has 1 atom stereocenters. The summed E-state index contributed by atoms with van der Waals surface area (Å²) in [6, 6.07) is 1.46. The Labute approximate surface area is 185 Å². The van der Waals surface area contributed by atoms with E-state index in [4.69, 9.17) is 4.74 Å². The number of benzene rings is 1. The molecule has 1 aliphatic carbocycles. The number of sulfonamides is 1. The number of hydrogen-bond acceptors (Lipinski definition) is 7. The lowest BCUT2D eigenvalue weighted by molar-refractivity contribution is -0.133. The summed E-state index contributed by atoms with van der Waals surface area (Å²) in [5, 5.41) is 6.63. The lowest BCUT2D eigenvalue weighted by Crippen LogP contribution is -2.63. The summed E-state index contributed by atoms with van der Waals surface area (Å²) in [5.41, 5.74) is 0.463. The zero-order chi connectivity index (χ0) is 23.3. The molecule has 176 valence electrons. The van der Waals surface area contributed by atoms with E-state index in [2.05, 4.69) is 10.0 Å². The van der Waals surface area contributed by atoms with Crippen molar-refractivity contribution in [1.82, 2.24) is 20.7 Å². The Morgan fingerprint density at radius 2 is 1.81 bits per heavy atom. The van der Waals surface area contributed by atoms with E-state index in [1.165, 1.54) is 12.1 Å². The molecule has 32 heavy (non-hydrogen) atoms. The number of nitrogens with one attached hydrogen (secondary N) is 4. The zero-order valence-corrected chi connectivity index (χ0v) is 18.5. The van der Waals surface area contributed by atoms with E-state index in [1.54, 1.807) is 13.0 Å². The van der Waals surface area contributed by atoms with E-state index in [1.807, 2.05) is 10.6 Å². The molecule has 0 aromatic heterocycles. The lowest BCUT2D eigenvalue weighted by Gasteiger charge is -2.21.